The molecule has 0 saturated carbocycles. The third-order valence-corrected chi connectivity index (χ3v) is 6.69. The van der Waals surface area contributed by atoms with Crippen molar-refractivity contribution in [2.75, 3.05) is 5.32 Å². The Kier molecular flexibility index (Phi) is 6.89. The fourth-order valence-corrected chi connectivity index (χ4v) is 4.59. The van der Waals surface area contributed by atoms with Crippen LogP contribution in [0.25, 0.3) is 0 Å². The van der Waals surface area contributed by atoms with E-state index in [0.29, 0.717) is 17.8 Å². The maximum Gasteiger partial charge on any atom is 0.291 e. The van der Waals surface area contributed by atoms with Gasteiger partial charge in [0.05, 0.1) is 16.1 Å². The van der Waals surface area contributed by atoms with Crippen molar-refractivity contribution in [2.45, 2.75) is 17.2 Å². The monoisotopic (exact) mass is 474 g/mol. The Bertz CT molecular complexity index is 1400. The molecule has 8 heteroatoms. The van der Waals surface area contributed by atoms with Crippen LogP contribution >= 0.6 is 0 Å². The van der Waals surface area contributed by atoms with Gasteiger partial charge in [0, 0.05) is 6.54 Å². The van der Waals surface area contributed by atoms with Crippen LogP contribution < -0.4 is 10.6 Å². The molecule has 0 atom stereocenters. The molecule has 0 unspecified atom stereocenters. The first-order valence-corrected chi connectivity index (χ1v) is 12.2. The van der Waals surface area contributed by atoms with Crippen LogP contribution in [0.2, 0.25) is 0 Å². The van der Waals surface area contributed by atoms with Gasteiger partial charge in [-0.05, 0) is 42.0 Å². The maximum absolute atomic E-state index is 12.7. The molecule has 0 aliphatic heterocycles. The lowest BCUT2D eigenvalue weighted by Crippen LogP contribution is -2.24. The van der Waals surface area contributed by atoms with Crippen molar-refractivity contribution >= 4 is 27.3 Å². The van der Waals surface area contributed by atoms with Crippen molar-refractivity contribution in [3.63, 3.8) is 0 Å². The predicted octanol–water partition coefficient (Wildman–Crippen LogP) is 4.44. The first-order valence-electron chi connectivity index (χ1n) is 10.5. The van der Waals surface area contributed by atoms with Crippen molar-refractivity contribution in [2.24, 2.45) is 0 Å². The number of sulfone groups is 1. The topological polar surface area (TPSA) is 105 Å². The van der Waals surface area contributed by atoms with Crippen LogP contribution in [-0.4, -0.2) is 20.2 Å². The van der Waals surface area contributed by atoms with Crippen LogP contribution in [0.15, 0.2) is 106 Å². The van der Waals surface area contributed by atoms with Gasteiger partial charge in [-0.25, -0.2) is 8.42 Å². The molecule has 2 amide bonds. The largest absolute Gasteiger partial charge is 0.455 e. The third kappa shape index (κ3) is 5.60. The molecule has 0 aliphatic rings. The lowest BCUT2D eigenvalue weighted by atomic mass is 10.1. The van der Waals surface area contributed by atoms with Crippen molar-refractivity contribution in [1.82, 2.24) is 5.32 Å². The average molecular weight is 475 g/mol. The fourth-order valence-electron chi connectivity index (χ4n) is 3.32. The van der Waals surface area contributed by atoms with Crippen molar-refractivity contribution in [3.8, 4) is 0 Å². The normalized spacial score (nSPS) is 11.1. The molecular formula is C26H22N2O5S. The minimum Gasteiger partial charge on any atom is -0.455 e. The summed E-state index contributed by atoms with van der Waals surface area (Å²) in [5.74, 6) is -1.22. The first kappa shape index (κ1) is 23.0. The molecule has 0 spiro atoms. The van der Waals surface area contributed by atoms with Crippen LogP contribution in [0.5, 0.6) is 0 Å². The van der Waals surface area contributed by atoms with Gasteiger partial charge in [-0.1, -0.05) is 60.7 Å². The van der Waals surface area contributed by atoms with E-state index in [9.17, 15) is 18.0 Å². The van der Waals surface area contributed by atoms with Crippen molar-refractivity contribution in [1.29, 1.82) is 0 Å². The SMILES string of the molecule is O=C(Nc1ccccc1C(=O)NCc1ccccc1)c1ccc(CS(=O)(=O)c2ccccc2)o1. The molecule has 3 aromatic carbocycles. The highest BCUT2D eigenvalue weighted by Gasteiger charge is 2.20. The van der Waals surface area contributed by atoms with Gasteiger partial charge in [-0.2, -0.15) is 0 Å². The van der Waals surface area contributed by atoms with Crippen LogP contribution in [0.4, 0.5) is 5.69 Å². The number of carbonyl (C=O) groups excluding carboxylic acids is 2. The van der Waals surface area contributed by atoms with Crippen LogP contribution in [0.3, 0.4) is 0 Å². The van der Waals surface area contributed by atoms with Gasteiger partial charge in [-0.15, -0.1) is 0 Å². The van der Waals surface area contributed by atoms with E-state index >= 15 is 0 Å². The molecule has 0 fully saturated rings. The zero-order chi connectivity index (χ0) is 24.0. The number of furan rings is 1. The molecule has 34 heavy (non-hydrogen) atoms. The predicted molar refractivity (Wildman–Crippen MR) is 128 cm³/mol. The lowest BCUT2D eigenvalue weighted by Gasteiger charge is -2.11. The summed E-state index contributed by atoms with van der Waals surface area (Å²) in [6.07, 6.45) is 0. The standard InChI is InChI=1S/C26H22N2O5S/c29-25(27-17-19-9-3-1-4-10-19)22-13-7-8-14-23(22)28-26(30)24-16-15-20(33-24)18-34(31,32)21-11-5-2-6-12-21/h1-16H,17-18H2,(H,27,29)(H,28,30). The Hall–Kier alpha value is -4.17. The highest BCUT2D eigenvalue weighted by molar-refractivity contribution is 7.90. The summed E-state index contributed by atoms with van der Waals surface area (Å²) in [6, 6.07) is 27.0. The molecule has 4 aromatic rings. The quantitative estimate of drug-likeness (QED) is 0.393. The smallest absolute Gasteiger partial charge is 0.291 e. The molecule has 0 bridgehead atoms. The molecule has 172 valence electrons. The van der Waals surface area contributed by atoms with Crippen LogP contribution in [0.1, 0.15) is 32.2 Å². The van der Waals surface area contributed by atoms with E-state index in [0.717, 1.165) is 5.56 Å². The Morgan fingerprint density at radius 1 is 0.735 bits per heavy atom. The minimum absolute atomic E-state index is 0.0576. The second-order valence-electron chi connectivity index (χ2n) is 7.51. The van der Waals surface area contributed by atoms with E-state index in [1.54, 1.807) is 42.5 Å². The highest BCUT2D eigenvalue weighted by atomic mass is 32.2. The number of anilines is 1. The molecule has 1 aromatic heterocycles. The molecular weight excluding hydrogens is 452 g/mol. The lowest BCUT2D eigenvalue weighted by molar-refractivity contribution is 0.0951. The molecule has 4 rings (SSSR count). The van der Waals surface area contributed by atoms with Crippen LogP contribution in [0, 0.1) is 0 Å². The zero-order valence-corrected chi connectivity index (χ0v) is 18.9. The number of nitrogens with one attached hydrogen (secondary N) is 2. The maximum atomic E-state index is 12.7. The molecule has 0 radical (unpaired) electrons. The van der Waals surface area contributed by atoms with Gasteiger partial charge in [-0.3, -0.25) is 9.59 Å². The number of hydrogen-bond donors (Lipinski definition) is 2. The summed E-state index contributed by atoms with van der Waals surface area (Å²) < 4.78 is 30.6. The highest BCUT2D eigenvalue weighted by Crippen LogP contribution is 2.20. The van der Waals surface area contributed by atoms with E-state index in [-0.39, 0.29) is 28.1 Å². The Morgan fingerprint density at radius 2 is 1.38 bits per heavy atom. The van der Waals surface area contributed by atoms with Gasteiger partial charge in [0.1, 0.15) is 11.5 Å². The number of rotatable bonds is 8. The number of hydrogen-bond acceptors (Lipinski definition) is 5. The van der Waals surface area contributed by atoms with E-state index in [1.807, 2.05) is 30.3 Å². The van der Waals surface area contributed by atoms with E-state index in [2.05, 4.69) is 10.6 Å². The van der Waals surface area contributed by atoms with Gasteiger partial charge in [0.25, 0.3) is 11.8 Å². The average Bonchev–Trinajstić information content (AvgIpc) is 3.32. The van der Waals surface area contributed by atoms with Gasteiger partial charge in [0.2, 0.25) is 0 Å². The van der Waals surface area contributed by atoms with E-state index in [4.69, 9.17) is 4.42 Å². The van der Waals surface area contributed by atoms with Gasteiger partial charge >= 0.3 is 0 Å². The summed E-state index contributed by atoms with van der Waals surface area (Å²) >= 11 is 0. The Labute approximate surface area is 197 Å². The van der Waals surface area contributed by atoms with Gasteiger partial charge < -0.3 is 15.1 Å². The molecule has 0 saturated heterocycles. The Morgan fingerprint density at radius 3 is 2.12 bits per heavy atom. The summed E-state index contributed by atoms with van der Waals surface area (Å²) in [4.78, 5) is 25.6. The number of para-hydroxylation sites is 1. The molecule has 1 heterocycles. The minimum atomic E-state index is -3.61. The number of amides is 2. The number of benzene rings is 3. The van der Waals surface area contributed by atoms with Crippen molar-refractivity contribution in [3.05, 3.63) is 120 Å². The van der Waals surface area contributed by atoms with Crippen LogP contribution in [-0.2, 0) is 22.1 Å². The molecule has 0 aliphatic carbocycles. The first-order chi connectivity index (χ1) is 16.4. The van der Waals surface area contributed by atoms with E-state index < -0.39 is 15.7 Å². The summed E-state index contributed by atoms with van der Waals surface area (Å²) in [5, 5.41) is 5.50. The summed E-state index contributed by atoms with van der Waals surface area (Å²) in [5.41, 5.74) is 1.56. The fraction of sp³-hybridized carbons (Fsp3) is 0.0769. The summed E-state index contributed by atoms with van der Waals surface area (Å²) in [6.45, 7) is 0.347. The Balaban J connectivity index is 1.44. The molecule has 2 N–H and O–H groups in total. The van der Waals surface area contributed by atoms with Crippen molar-refractivity contribution < 1.29 is 22.4 Å². The third-order valence-electron chi connectivity index (χ3n) is 5.04. The van der Waals surface area contributed by atoms with E-state index in [1.165, 1.54) is 24.3 Å². The second-order valence-corrected chi connectivity index (χ2v) is 9.50. The zero-order valence-electron chi connectivity index (χ0n) is 18.1. The number of carbonyl (C=O) groups is 2. The summed E-state index contributed by atoms with van der Waals surface area (Å²) in [7, 11) is -3.61. The van der Waals surface area contributed by atoms with Gasteiger partial charge in [0.15, 0.2) is 15.6 Å². The second kappa shape index (κ2) is 10.2. The molecule has 7 nitrogen and oxygen atoms in total.